The van der Waals surface area contributed by atoms with Crippen LogP contribution in [0.3, 0.4) is 0 Å². The first kappa shape index (κ1) is 20.5. The van der Waals surface area contributed by atoms with E-state index in [9.17, 15) is 24.5 Å². The first-order valence-electron chi connectivity index (χ1n) is 8.82. The average molecular weight is 412 g/mol. The number of rotatable bonds is 7. The third-order valence-electron chi connectivity index (χ3n) is 3.93. The van der Waals surface area contributed by atoms with Crippen LogP contribution in [0.4, 0.5) is 5.69 Å². The van der Waals surface area contributed by atoms with E-state index in [1.165, 1.54) is 48.5 Å². The summed E-state index contributed by atoms with van der Waals surface area (Å²) >= 11 is 0. The molecule has 1 amide bonds. The van der Waals surface area contributed by atoms with Crippen LogP contribution >= 0.6 is 0 Å². The lowest BCUT2D eigenvalue weighted by atomic mass is 10.1. The molecule has 0 saturated heterocycles. The molecule has 1 heterocycles. The molecule has 3 aromatic rings. The van der Waals surface area contributed by atoms with Gasteiger partial charge in [-0.2, -0.15) is 0 Å². The molecule has 30 heavy (non-hydrogen) atoms. The van der Waals surface area contributed by atoms with Gasteiger partial charge in [-0.3, -0.25) is 14.9 Å². The Labute approximate surface area is 169 Å². The smallest absolute Gasteiger partial charge is 0.349 e. The minimum absolute atomic E-state index is 0.0677. The third-order valence-corrected chi connectivity index (χ3v) is 3.93. The van der Waals surface area contributed by atoms with Crippen molar-refractivity contribution in [2.24, 2.45) is 0 Å². The van der Waals surface area contributed by atoms with E-state index in [1.54, 1.807) is 6.92 Å². The minimum atomic E-state index is -0.823. The van der Waals surface area contributed by atoms with Gasteiger partial charge in [-0.15, -0.1) is 0 Å². The molecule has 10 nitrogen and oxygen atoms in total. The number of carbonyl (C=O) groups excluding carboxylic acids is 2. The van der Waals surface area contributed by atoms with Crippen LogP contribution < -0.4 is 20.4 Å². The normalized spacial score (nSPS) is 10.4. The van der Waals surface area contributed by atoms with E-state index in [-0.39, 0.29) is 28.3 Å². The van der Waals surface area contributed by atoms with Gasteiger partial charge >= 0.3 is 17.3 Å². The van der Waals surface area contributed by atoms with Crippen molar-refractivity contribution in [3.8, 4) is 11.5 Å². The predicted octanol–water partition coefficient (Wildman–Crippen LogP) is 2.44. The van der Waals surface area contributed by atoms with E-state index in [4.69, 9.17) is 13.9 Å². The summed E-state index contributed by atoms with van der Waals surface area (Å²) < 4.78 is 15.4. The van der Waals surface area contributed by atoms with Crippen molar-refractivity contribution >= 4 is 28.5 Å². The van der Waals surface area contributed by atoms with E-state index in [0.717, 1.165) is 0 Å². The maximum Gasteiger partial charge on any atom is 0.349 e. The molecule has 1 N–H and O–H groups in total. The van der Waals surface area contributed by atoms with Gasteiger partial charge in [-0.05, 0) is 31.2 Å². The zero-order chi connectivity index (χ0) is 21.7. The third kappa shape index (κ3) is 4.61. The summed E-state index contributed by atoms with van der Waals surface area (Å²) in [6.07, 6.45) is 0. The SMILES string of the molecule is CCNC(=O)c1cc2ccc(OC(=O)COc3ccccc3[N+](=O)[O-])cc2oc1=O. The molecule has 0 aliphatic rings. The molecule has 0 saturated carbocycles. The Morgan fingerprint density at radius 2 is 1.93 bits per heavy atom. The van der Waals surface area contributed by atoms with Crippen LogP contribution in [0.1, 0.15) is 17.3 Å². The van der Waals surface area contributed by atoms with Crippen molar-refractivity contribution in [2.75, 3.05) is 13.2 Å². The first-order valence-corrected chi connectivity index (χ1v) is 8.82. The molecule has 3 rings (SSSR count). The van der Waals surface area contributed by atoms with Crippen LogP contribution in [0.2, 0.25) is 0 Å². The van der Waals surface area contributed by atoms with Gasteiger partial charge in [0.1, 0.15) is 16.9 Å². The van der Waals surface area contributed by atoms with Gasteiger partial charge in [-0.25, -0.2) is 9.59 Å². The second-order valence-electron chi connectivity index (χ2n) is 5.99. The van der Waals surface area contributed by atoms with Crippen LogP contribution in [-0.2, 0) is 4.79 Å². The lowest BCUT2D eigenvalue weighted by Gasteiger charge is -2.08. The highest BCUT2D eigenvalue weighted by Gasteiger charge is 2.17. The van der Waals surface area contributed by atoms with Gasteiger partial charge in [-0.1, -0.05) is 12.1 Å². The molecule has 10 heteroatoms. The Balaban J connectivity index is 1.72. The summed E-state index contributed by atoms with van der Waals surface area (Å²) in [6, 6.07) is 11.3. The Hall–Kier alpha value is -4.21. The number of nitrogens with zero attached hydrogens (tertiary/aromatic N) is 1. The summed E-state index contributed by atoms with van der Waals surface area (Å²) in [5.74, 6) is -1.35. The highest BCUT2D eigenvalue weighted by molar-refractivity contribution is 5.96. The molecule has 0 unspecified atom stereocenters. The Kier molecular flexibility index (Phi) is 6.06. The number of fused-ring (bicyclic) bond motifs is 1. The van der Waals surface area contributed by atoms with Gasteiger partial charge in [0, 0.05) is 24.1 Å². The van der Waals surface area contributed by atoms with Crippen LogP contribution in [0.5, 0.6) is 11.5 Å². The van der Waals surface area contributed by atoms with E-state index < -0.39 is 29.0 Å². The van der Waals surface area contributed by atoms with E-state index in [2.05, 4.69) is 5.32 Å². The molecule has 154 valence electrons. The van der Waals surface area contributed by atoms with Gasteiger partial charge in [0.05, 0.1) is 4.92 Å². The largest absolute Gasteiger partial charge is 0.475 e. The topological polar surface area (TPSA) is 138 Å². The number of nitro groups is 1. The maximum atomic E-state index is 12.0. The lowest BCUT2D eigenvalue weighted by molar-refractivity contribution is -0.385. The van der Waals surface area contributed by atoms with E-state index in [0.29, 0.717) is 11.9 Å². The van der Waals surface area contributed by atoms with Crippen molar-refractivity contribution in [3.05, 3.63) is 74.6 Å². The predicted molar refractivity (Wildman–Crippen MR) is 105 cm³/mol. The number of benzene rings is 2. The van der Waals surface area contributed by atoms with Crippen LogP contribution in [0.15, 0.2) is 57.7 Å². The van der Waals surface area contributed by atoms with Crippen molar-refractivity contribution in [1.29, 1.82) is 0 Å². The van der Waals surface area contributed by atoms with Crippen molar-refractivity contribution in [2.45, 2.75) is 6.92 Å². The van der Waals surface area contributed by atoms with Crippen molar-refractivity contribution in [3.63, 3.8) is 0 Å². The van der Waals surface area contributed by atoms with Crippen LogP contribution in [0, 0.1) is 10.1 Å². The fourth-order valence-corrected chi connectivity index (χ4v) is 2.60. The highest BCUT2D eigenvalue weighted by atomic mass is 16.6. The fraction of sp³-hybridized carbons (Fsp3) is 0.150. The number of hydrogen-bond acceptors (Lipinski definition) is 8. The van der Waals surface area contributed by atoms with Crippen LogP contribution in [0.25, 0.3) is 11.0 Å². The molecule has 0 bridgehead atoms. The number of ether oxygens (including phenoxy) is 2. The van der Waals surface area contributed by atoms with Gasteiger partial charge in [0.2, 0.25) is 0 Å². The second-order valence-corrected chi connectivity index (χ2v) is 5.99. The molecule has 1 aromatic heterocycles. The first-order chi connectivity index (χ1) is 14.4. The molecule has 0 spiro atoms. The quantitative estimate of drug-likeness (QED) is 0.205. The number of amides is 1. The summed E-state index contributed by atoms with van der Waals surface area (Å²) in [5, 5.41) is 13.9. The molecular formula is C20H16N2O8. The Morgan fingerprint density at radius 1 is 1.17 bits per heavy atom. The highest BCUT2D eigenvalue weighted by Crippen LogP contribution is 2.26. The fourth-order valence-electron chi connectivity index (χ4n) is 2.60. The number of esters is 1. The minimum Gasteiger partial charge on any atom is -0.475 e. The molecule has 0 atom stereocenters. The summed E-state index contributed by atoms with van der Waals surface area (Å²) in [6.45, 7) is 1.52. The summed E-state index contributed by atoms with van der Waals surface area (Å²) in [4.78, 5) is 46.3. The Bertz CT molecular complexity index is 1180. The van der Waals surface area contributed by atoms with Gasteiger partial charge < -0.3 is 19.2 Å². The number of carbonyl (C=O) groups is 2. The van der Waals surface area contributed by atoms with E-state index in [1.807, 2.05) is 0 Å². The zero-order valence-corrected chi connectivity index (χ0v) is 15.7. The molecule has 0 aliphatic carbocycles. The van der Waals surface area contributed by atoms with Crippen molar-refractivity contribution in [1.82, 2.24) is 5.32 Å². The number of nitro benzene ring substituents is 1. The molecule has 0 aliphatic heterocycles. The molecule has 2 aromatic carbocycles. The Morgan fingerprint density at radius 3 is 2.67 bits per heavy atom. The summed E-state index contributed by atoms with van der Waals surface area (Å²) in [5.41, 5.74) is -1.11. The maximum absolute atomic E-state index is 12.0. The van der Waals surface area contributed by atoms with Crippen LogP contribution in [-0.4, -0.2) is 30.0 Å². The molecular weight excluding hydrogens is 396 g/mol. The second kappa shape index (κ2) is 8.86. The van der Waals surface area contributed by atoms with Gasteiger partial charge in [0.25, 0.3) is 5.91 Å². The van der Waals surface area contributed by atoms with E-state index >= 15 is 0 Å². The standard InChI is InChI=1S/C20H16N2O8/c1-2-21-19(24)14-9-12-7-8-13(10-17(12)30-20(14)25)29-18(23)11-28-16-6-4-3-5-15(16)22(26)27/h3-10H,2,11H2,1H3,(H,21,24). The summed E-state index contributed by atoms with van der Waals surface area (Å²) in [7, 11) is 0. The molecule has 0 fully saturated rings. The zero-order valence-electron chi connectivity index (χ0n) is 15.7. The lowest BCUT2D eigenvalue weighted by Crippen LogP contribution is -2.27. The number of para-hydroxylation sites is 2. The monoisotopic (exact) mass is 412 g/mol. The van der Waals surface area contributed by atoms with Crippen molar-refractivity contribution < 1.29 is 28.4 Å². The van der Waals surface area contributed by atoms with Gasteiger partial charge in [0.15, 0.2) is 12.4 Å². The average Bonchev–Trinajstić information content (AvgIpc) is 2.72. The number of nitrogens with one attached hydrogen (secondary N) is 1. The number of hydrogen-bond donors (Lipinski definition) is 1. The molecule has 0 radical (unpaired) electrons.